The Hall–Kier alpha value is -3.19. The summed E-state index contributed by atoms with van der Waals surface area (Å²) in [5, 5.41) is 6.07. The zero-order valence-electron chi connectivity index (χ0n) is 17.2. The molecular weight excluding hydrogens is 394 g/mol. The van der Waals surface area contributed by atoms with Gasteiger partial charge in [0, 0.05) is 13.6 Å². The molecular formula is C23H23N5OS. The smallest absolute Gasteiger partial charge is 0.233 e. The van der Waals surface area contributed by atoms with Gasteiger partial charge in [-0.15, -0.1) is 0 Å². The molecule has 1 amide bonds. The Bertz CT molecular complexity index is 1190. The molecule has 0 unspecified atom stereocenters. The fourth-order valence-corrected chi connectivity index (χ4v) is 4.20. The Kier molecular flexibility index (Phi) is 5.81. The molecule has 0 aliphatic rings. The van der Waals surface area contributed by atoms with Crippen LogP contribution in [0, 0.1) is 13.8 Å². The quantitative estimate of drug-likeness (QED) is 0.348. The van der Waals surface area contributed by atoms with Crippen molar-refractivity contribution in [3.63, 3.8) is 0 Å². The lowest BCUT2D eigenvalue weighted by atomic mass is 10.1. The first-order valence-electron chi connectivity index (χ1n) is 9.70. The number of aryl methyl sites for hydroxylation is 2. The second-order valence-electron chi connectivity index (χ2n) is 7.28. The molecule has 2 aromatic carbocycles. The van der Waals surface area contributed by atoms with Gasteiger partial charge in [0.2, 0.25) is 5.91 Å². The summed E-state index contributed by atoms with van der Waals surface area (Å²) in [6.45, 7) is 4.75. The third-order valence-electron chi connectivity index (χ3n) is 4.99. The van der Waals surface area contributed by atoms with E-state index in [1.165, 1.54) is 29.2 Å². The number of rotatable bonds is 6. The molecule has 0 spiro atoms. The standard InChI is InChI=1S/C23H23N5OS/c1-16-9-10-18(17(2)11-16)13-27(3)21(29)14-30-23-20-12-26-28(22(20)24-15-25-23)19-7-5-4-6-8-19/h4-12,15H,13-14H2,1-3H3. The number of amides is 1. The van der Waals surface area contributed by atoms with Crippen LogP contribution in [0.3, 0.4) is 0 Å². The summed E-state index contributed by atoms with van der Waals surface area (Å²) < 4.78 is 1.79. The summed E-state index contributed by atoms with van der Waals surface area (Å²) in [4.78, 5) is 23.2. The van der Waals surface area contributed by atoms with E-state index >= 15 is 0 Å². The third kappa shape index (κ3) is 4.21. The van der Waals surface area contributed by atoms with E-state index < -0.39 is 0 Å². The van der Waals surface area contributed by atoms with Gasteiger partial charge in [-0.1, -0.05) is 53.7 Å². The molecule has 0 atom stereocenters. The van der Waals surface area contributed by atoms with Crippen LogP contribution in [0.2, 0.25) is 0 Å². The van der Waals surface area contributed by atoms with E-state index in [2.05, 4.69) is 47.1 Å². The highest BCUT2D eigenvalue weighted by molar-refractivity contribution is 8.00. The molecule has 0 radical (unpaired) electrons. The lowest BCUT2D eigenvalue weighted by Gasteiger charge is -2.18. The second kappa shape index (κ2) is 8.67. The summed E-state index contributed by atoms with van der Waals surface area (Å²) in [6, 6.07) is 16.2. The molecule has 0 bridgehead atoms. The van der Waals surface area contributed by atoms with Gasteiger partial charge in [0.05, 0.1) is 23.0 Å². The predicted molar refractivity (Wildman–Crippen MR) is 120 cm³/mol. The van der Waals surface area contributed by atoms with E-state index in [1.54, 1.807) is 15.8 Å². The number of carbonyl (C=O) groups is 1. The van der Waals surface area contributed by atoms with Crippen molar-refractivity contribution in [1.82, 2.24) is 24.6 Å². The van der Waals surface area contributed by atoms with Gasteiger partial charge in [-0.3, -0.25) is 4.79 Å². The number of nitrogens with zero attached hydrogens (tertiary/aromatic N) is 5. The van der Waals surface area contributed by atoms with Gasteiger partial charge in [0.25, 0.3) is 0 Å². The molecule has 4 rings (SSSR count). The number of fused-ring (bicyclic) bond motifs is 1. The lowest BCUT2D eigenvalue weighted by Crippen LogP contribution is -2.28. The largest absolute Gasteiger partial charge is 0.341 e. The van der Waals surface area contributed by atoms with Gasteiger partial charge < -0.3 is 4.90 Å². The van der Waals surface area contributed by atoms with Crippen molar-refractivity contribution in [3.8, 4) is 5.69 Å². The number of thioether (sulfide) groups is 1. The number of carbonyl (C=O) groups excluding carboxylic acids is 1. The average Bonchev–Trinajstić information content (AvgIpc) is 3.19. The summed E-state index contributed by atoms with van der Waals surface area (Å²) >= 11 is 1.42. The van der Waals surface area contributed by atoms with Crippen LogP contribution in [-0.2, 0) is 11.3 Å². The number of para-hydroxylation sites is 1. The summed E-state index contributed by atoms with van der Waals surface area (Å²) in [5.41, 5.74) is 5.26. The number of hydrogen-bond acceptors (Lipinski definition) is 5. The molecule has 2 aromatic heterocycles. The van der Waals surface area contributed by atoms with E-state index in [9.17, 15) is 4.79 Å². The molecule has 0 aliphatic carbocycles. The van der Waals surface area contributed by atoms with Gasteiger partial charge in [0.1, 0.15) is 11.4 Å². The van der Waals surface area contributed by atoms with Crippen LogP contribution in [0.25, 0.3) is 16.7 Å². The minimum Gasteiger partial charge on any atom is -0.341 e. The van der Waals surface area contributed by atoms with Crippen LogP contribution in [0.1, 0.15) is 16.7 Å². The fraction of sp³-hybridized carbons (Fsp3) is 0.217. The normalized spacial score (nSPS) is 11.0. The van der Waals surface area contributed by atoms with Crippen molar-refractivity contribution in [3.05, 3.63) is 77.7 Å². The molecule has 7 heteroatoms. The summed E-state index contributed by atoms with van der Waals surface area (Å²) in [7, 11) is 1.84. The van der Waals surface area contributed by atoms with Crippen LogP contribution in [-0.4, -0.2) is 43.4 Å². The second-order valence-corrected chi connectivity index (χ2v) is 8.24. The van der Waals surface area contributed by atoms with Crippen molar-refractivity contribution in [2.45, 2.75) is 25.4 Å². The van der Waals surface area contributed by atoms with E-state index in [0.717, 1.165) is 27.3 Å². The highest BCUT2D eigenvalue weighted by Gasteiger charge is 2.15. The van der Waals surface area contributed by atoms with Crippen molar-refractivity contribution in [2.75, 3.05) is 12.8 Å². The topological polar surface area (TPSA) is 63.9 Å². The maximum Gasteiger partial charge on any atom is 0.233 e. The Labute approximate surface area is 180 Å². The Morgan fingerprint density at radius 3 is 2.67 bits per heavy atom. The first kappa shape index (κ1) is 20.1. The Balaban J connectivity index is 1.47. The number of aromatic nitrogens is 4. The first-order valence-corrected chi connectivity index (χ1v) is 10.7. The zero-order valence-corrected chi connectivity index (χ0v) is 18.1. The molecule has 30 heavy (non-hydrogen) atoms. The SMILES string of the molecule is Cc1ccc(CN(C)C(=O)CSc2ncnc3c2cnn3-c2ccccc2)c(C)c1. The van der Waals surface area contributed by atoms with E-state index in [-0.39, 0.29) is 5.91 Å². The van der Waals surface area contributed by atoms with Crippen molar-refractivity contribution in [2.24, 2.45) is 0 Å². The fourth-order valence-electron chi connectivity index (χ4n) is 3.30. The van der Waals surface area contributed by atoms with E-state index in [0.29, 0.717) is 12.3 Å². The molecule has 2 heterocycles. The maximum atomic E-state index is 12.7. The van der Waals surface area contributed by atoms with Crippen LogP contribution in [0.5, 0.6) is 0 Å². The predicted octanol–water partition coefficient (Wildman–Crippen LogP) is 4.18. The molecule has 0 saturated carbocycles. The van der Waals surface area contributed by atoms with E-state index in [4.69, 9.17) is 0 Å². The Morgan fingerprint density at radius 2 is 1.90 bits per heavy atom. The highest BCUT2D eigenvalue weighted by Crippen LogP contribution is 2.26. The van der Waals surface area contributed by atoms with Crippen molar-refractivity contribution >= 4 is 28.7 Å². The highest BCUT2D eigenvalue weighted by atomic mass is 32.2. The van der Waals surface area contributed by atoms with Gasteiger partial charge >= 0.3 is 0 Å². The number of benzene rings is 2. The third-order valence-corrected chi connectivity index (χ3v) is 5.98. The molecule has 0 saturated heterocycles. The van der Waals surface area contributed by atoms with Gasteiger partial charge in [-0.25, -0.2) is 14.6 Å². The van der Waals surface area contributed by atoms with Gasteiger partial charge in [-0.05, 0) is 37.1 Å². The molecule has 6 nitrogen and oxygen atoms in total. The summed E-state index contributed by atoms with van der Waals surface area (Å²) in [6.07, 6.45) is 3.28. The molecule has 0 aliphatic heterocycles. The monoisotopic (exact) mass is 417 g/mol. The van der Waals surface area contributed by atoms with Gasteiger partial charge in [0.15, 0.2) is 5.65 Å². The Morgan fingerprint density at radius 1 is 1.10 bits per heavy atom. The minimum atomic E-state index is 0.0576. The summed E-state index contributed by atoms with van der Waals surface area (Å²) in [5.74, 6) is 0.367. The zero-order chi connectivity index (χ0) is 21.1. The molecule has 0 fully saturated rings. The maximum absolute atomic E-state index is 12.7. The van der Waals surface area contributed by atoms with E-state index in [1.807, 2.05) is 37.4 Å². The lowest BCUT2D eigenvalue weighted by molar-refractivity contribution is -0.127. The van der Waals surface area contributed by atoms with Crippen molar-refractivity contribution in [1.29, 1.82) is 0 Å². The molecule has 0 N–H and O–H groups in total. The van der Waals surface area contributed by atoms with Crippen LogP contribution < -0.4 is 0 Å². The first-order chi connectivity index (χ1) is 14.5. The van der Waals surface area contributed by atoms with Crippen LogP contribution in [0.4, 0.5) is 0 Å². The van der Waals surface area contributed by atoms with Crippen LogP contribution >= 0.6 is 11.8 Å². The average molecular weight is 418 g/mol. The minimum absolute atomic E-state index is 0.0576. The van der Waals surface area contributed by atoms with Crippen molar-refractivity contribution < 1.29 is 4.79 Å². The number of hydrogen-bond donors (Lipinski definition) is 0. The molecule has 152 valence electrons. The van der Waals surface area contributed by atoms with Gasteiger partial charge in [-0.2, -0.15) is 5.10 Å². The van der Waals surface area contributed by atoms with Crippen LogP contribution in [0.15, 0.2) is 66.1 Å². The molecule has 4 aromatic rings.